The van der Waals surface area contributed by atoms with Crippen LogP contribution in [0.15, 0.2) is 47.4 Å². The number of sulfonamides is 1. The van der Waals surface area contributed by atoms with E-state index < -0.39 is 10.0 Å². The molecule has 0 unspecified atom stereocenters. The van der Waals surface area contributed by atoms with Crippen LogP contribution in [0.5, 0.6) is 0 Å². The van der Waals surface area contributed by atoms with E-state index in [1.807, 2.05) is 6.92 Å². The van der Waals surface area contributed by atoms with Crippen molar-refractivity contribution in [1.29, 1.82) is 0 Å². The lowest BCUT2D eigenvalue weighted by molar-refractivity contribution is 0.102. The van der Waals surface area contributed by atoms with Gasteiger partial charge in [-0.1, -0.05) is 24.6 Å². The van der Waals surface area contributed by atoms with Gasteiger partial charge in [-0.15, -0.1) is 0 Å². The molecule has 0 bridgehead atoms. The first kappa shape index (κ1) is 19.9. The van der Waals surface area contributed by atoms with Gasteiger partial charge in [-0.25, -0.2) is 8.42 Å². The normalized spacial score (nSPS) is 16.3. The van der Waals surface area contributed by atoms with Gasteiger partial charge in [0.1, 0.15) is 0 Å². The van der Waals surface area contributed by atoms with Crippen molar-refractivity contribution in [3.63, 3.8) is 0 Å². The number of carbonyl (C=O) groups excluding carboxylic acids is 1. The third-order valence-corrected chi connectivity index (χ3v) is 7.04. The van der Waals surface area contributed by atoms with Crippen molar-refractivity contribution < 1.29 is 13.2 Å². The average molecular weight is 407 g/mol. The molecule has 1 amide bonds. The quantitative estimate of drug-likeness (QED) is 0.822. The Balaban J connectivity index is 1.81. The molecule has 1 aliphatic heterocycles. The minimum atomic E-state index is -3.59. The van der Waals surface area contributed by atoms with Crippen LogP contribution in [0.1, 0.15) is 35.7 Å². The van der Waals surface area contributed by atoms with Crippen molar-refractivity contribution in [1.82, 2.24) is 4.31 Å². The highest BCUT2D eigenvalue weighted by atomic mass is 35.5. The number of nitrogens with zero attached hydrogens (tertiary/aromatic N) is 1. The maximum absolute atomic E-state index is 12.9. The predicted molar refractivity (Wildman–Crippen MR) is 108 cm³/mol. The number of aryl methyl sites for hydroxylation is 1. The summed E-state index contributed by atoms with van der Waals surface area (Å²) in [5.74, 6) is 0.181. The summed E-state index contributed by atoms with van der Waals surface area (Å²) < 4.78 is 27.3. The van der Waals surface area contributed by atoms with Crippen molar-refractivity contribution in [2.45, 2.75) is 31.6 Å². The lowest BCUT2D eigenvalue weighted by Crippen LogP contribution is -2.37. The first-order chi connectivity index (χ1) is 12.8. The Kier molecular flexibility index (Phi) is 5.89. The summed E-state index contributed by atoms with van der Waals surface area (Å²) in [6.45, 7) is 5.02. The van der Waals surface area contributed by atoms with Crippen LogP contribution in [0.3, 0.4) is 0 Å². The molecule has 1 saturated heterocycles. The van der Waals surface area contributed by atoms with Crippen molar-refractivity contribution in [2.24, 2.45) is 5.92 Å². The van der Waals surface area contributed by atoms with Crippen LogP contribution in [0.25, 0.3) is 0 Å². The van der Waals surface area contributed by atoms with Gasteiger partial charge in [-0.3, -0.25) is 4.79 Å². The minimum Gasteiger partial charge on any atom is -0.322 e. The van der Waals surface area contributed by atoms with Gasteiger partial charge in [-0.05, 0) is 67.6 Å². The van der Waals surface area contributed by atoms with E-state index in [1.165, 1.54) is 16.4 Å². The van der Waals surface area contributed by atoms with E-state index in [4.69, 9.17) is 11.6 Å². The highest BCUT2D eigenvalue weighted by Gasteiger charge is 2.28. The molecule has 0 saturated carbocycles. The van der Waals surface area contributed by atoms with Crippen LogP contribution in [0.4, 0.5) is 5.69 Å². The fourth-order valence-corrected chi connectivity index (χ4v) is 4.88. The van der Waals surface area contributed by atoms with Crippen LogP contribution in [0, 0.1) is 12.8 Å². The molecule has 3 rings (SSSR count). The summed E-state index contributed by atoms with van der Waals surface area (Å²) in [6, 6.07) is 11.4. The number of amides is 1. The molecule has 1 heterocycles. The Morgan fingerprint density at radius 2 is 1.85 bits per heavy atom. The van der Waals surface area contributed by atoms with Gasteiger partial charge in [0.25, 0.3) is 5.91 Å². The van der Waals surface area contributed by atoms with E-state index in [9.17, 15) is 13.2 Å². The molecular formula is C20H23ClN2O3S. The molecule has 0 spiro atoms. The number of carbonyl (C=O) groups is 1. The van der Waals surface area contributed by atoms with Gasteiger partial charge in [-0.2, -0.15) is 4.31 Å². The number of hydrogen-bond donors (Lipinski definition) is 1. The highest BCUT2D eigenvalue weighted by molar-refractivity contribution is 7.89. The number of hydrogen-bond acceptors (Lipinski definition) is 3. The number of benzene rings is 2. The van der Waals surface area contributed by atoms with Crippen LogP contribution in [0.2, 0.25) is 5.02 Å². The van der Waals surface area contributed by atoms with E-state index in [1.54, 1.807) is 30.3 Å². The fraction of sp³-hybridized carbons (Fsp3) is 0.350. The van der Waals surface area contributed by atoms with Gasteiger partial charge in [0.15, 0.2) is 0 Å². The van der Waals surface area contributed by atoms with Gasteiger partial charge >= 0.3 is 0 Å². The zero-order valence-corrected chi connectivity index (χ0v) is 17.0. The summed E-state index contributed by atoms with van der Waals surface area (Å²) in [5.41, 5.74) is 1.78. The van der Waals surface area contributed by atoms with Gasteiger partial charge in [0.2, 0.25) is 10.0 Å². The summed E-state index contributed by atoms with van der Waals surface area (Å²) in [5, 5.41) is 3.40. The number of piperidine rings is 1. The zero-order chi connectivity index (χ0) is 19.6. The molecule has 0 aliphatic carbocycles. The monoisotopic (exact) mass is 406 g/mol. The first-order valence-corrected chi connectivity index (χ1v) is 10.8. The van der Waals surface area contributed by atoms with Crippen LogP contribution < -0.4 is 5.32 Å². The molecule has 1 N–H and O–H groups in total. The first-order valence-electron chi connectivity index (χ1n) is 8.95. The summed E-state index contributed by atoms with van der Waals surface area (Å²) in [6.07, 6.45) is 1.71. The Bertz CT molecular complexity index is 951. The number of anilines is 1. The zero-order valence-electron chi connectivity index (χ0n) is 15.4. The molecule has 7 heteroatoms. The number of nitrogens with one attached hydrogen (secondary N) is 1. The predicted octanol–water partition coefficient (Wildman–Crippen LogP) is 4.32. The second kappa shape index (κ2) is 8.00. The molecule has 1 fully saturated rings. The van der Waals surface area contributed by atoms with Gasteiger partial charge in [0, 0.05) is 29.4 Å². The van der Waals surface area contributed by atoms with E-state index in [-0.39, 0.29) is 10.8 Å². The summed E-state index contributed by atoms with van der Waals surface area (Å²) >= 11 is 5.94. The molecule has 1 aliphatic rings. The fourth-order valence-electron chi connectivity index (χ4n) is 3.13. The van der Waals surface area contributed by atoms with E-state index in [0.29, 0.717) is 35.3 Å². The number of halogens is 1. The van der Waals surface area contributed by atoms with Crippen LogP contribution in [-0.4, -0.2) is 31.7 Å². The van der Waals surface area contributed by atoms with Crippen molar-refractivity contribution in [3.8, 4) is 0 Å². The average Bonchev–Trinajstić information content (AvgIpc) is 2.64. The minimum absolute atomic E-state index is 0.150. The van der Waals surface area contributed by atoms with E-state index >= 15 is 0 Å². The molecule has 2 aromatic rings. The summed E-state index contributed by atoms with van der Waals surface area (Å²) in [7, 11) is -3.59. The number of rotatable bonds is 4. The Morgan fingerprint density at radius 1 is 1.15 bits per heavy atom. The lowest BCUT2D eigenvalue weighted by Gasteiger charge is -2.29. The lowest BCUT2D eigenvalue weighted by atomic mass is 10.0. The molecule has 144 valence electrons. The van der Waals surface area contributed by atoms with Gasteiger partial charge < -0.3 is 5.32 Å². The molecule has 0 atom stereocenters. The maximum atomic E-state index is 12.9. The van der Waals surface area contributed by atoms with Crippen molar-refractivity contribution >= 4 is 33.2 Å². The highest BCUT2D eigenvalue weighted by Crippen LogP contribution is 2.25. The second-order valence-corrected chi connectivity index (χ2v) is 9.40. The van der Waals surface area contributed by atoms with Crippen molar-refractivity contribution in [2.75, 3.05) is 18.4 Å². The Labute approximate surface area is 165 Å². The van der Waals surface area contributed by atoms with Crippen molar-refractivity contribution in [3.05, 3.63) is 58.6 Å². The van der Waals surface area contributed by atoms with E-state index in [0.717, 1.165) is 18.4 Å². The topological polar surface area (TPSA) is 66.5 Å². The molecule has 2 aromatic carbocycles. The molecule has 0 aromatic heterocycles. The smallest absolute Gasteiger partial charge is 0.255 e. The summed E-state index contributed by atoms with van der Waals surface area (Å²) in [4.78, 5) is 12.7. The molecule has 5 nitrogen and oxygen atoms in total. The van der Waals surface area contributed by atoms with Crippen LogP contribution in [-0.2, 0) is 10.0 Å². The maximum Gasteiger partial charge on any atom is 0.255 e. The molecule has 27 heavy (non-hydrogen) atoms. The Hall–Kier alpha value is -1.89. The van der Waals surface area contributed by atoms with Gasteiger partial charge in [0.05, 0.1) is 4.90 Å². The largest absolute Gasteiger partial charge is 0.322 e. The van der Waals surface area contributed by atoms with Crippen LogP contribution >= 0.6 is 11.6 Å². The standard InChI is InChI=1S/C20H23ClN2O3S/c1-14-8-10-23(11-9-14)27(25,26)18-5-3-4-16(13-18)20(24)22-19-7-6-17(21)12-15(19)2/h3-7,12-14H,8-11H2,1-2H3,(H,22,24). The third kappa shape index (κ3) is 4.51. The second-order valence-electron chi connectivity index (χ2n) is 7.03. The third-order valence-electron chi connectivity index (χ3n) is 4.91. The molecular weight excluding hydrogens is 384 g/mol. The SMILES string of the molecule is Cc1cc(Cl)ccc1NC(=O)c1cccc(S(=O)(=O)N2CCC(C)CC2)c1. The van der Waals surface area contributed by atoms with E-state index in [2.05, 4.69) is 12.2 Å². The molecule has 0 radical (unpaired) electrons. The Morgan fingerprint density at radius 3 is 2.52 bits per heavy atom.